The van der Waals surface area contributed by atoms with Gasteiger partial charge in [0.2, 0.25) is 23.0 Å². The summed E-state index contributed by atoms with van der Waals surface area (Å²) >= 11 is 4.71. The molecule has 78 heavy (non-hydrogen) atoms. The fourth-order valence-corrected chi connectivity index (χ4v) is 9.33. The van der Waals surface area contributed by atoms with Crippen LogP contribution in [0, 0.1) is 0 Å². The molecule has 0 spiro atoms. The van der Waals surface area contributed by atoms with E-state index in [1.807, 2.05) is 72.8 Å². The second kappa shape index (κ2) is 33.6. The van der Waals surface area contributed by atoms with Crippen molar-refractivity contribution in [3.05, 3.63) is 263 Å². The van der Waals surface area contributed by atoms with Crippen LogP contribution >= 0.6 is 11.6 Å². The number of nitrogens with one attached hydrogen (secondary N) is 2. The molecule has 0 saturated heterocycles. The summed E-state index contributed by atoms with van der Waals surface area (Å²) < 4.78 is 0. The number of nitrogens with zero attached hydrogens (tertiary/aromatic N) is 4. The van der Waals surface area contributed by atoms with E-state index in [9.17, 15) is 19.2 Å². The van der Waals surface area contributed by atoms with Gasteiger partial charge in [-0.15, -0.1) is 0 Å². The first kappa shape index (κ1) is 61.4. The molecule has 6 aromatic carbocycles. The van der Waals surface area contributed by atoms with Crippen LogP contribution in [-0.4, -0.2) is 62.2 Å². The highest BCUT2D eigenvalue weighted by Crippen LogP contribution is 2.21. The lowest BCUT2D eigenvalue weighted by molar-refractivity contribution is -0.127. The Morgan fingerprint density at radius 2 is 0.628 bits per heavy atom. The smallest absolute Gasteiger partial charge is 0.246 e. The second-order valence-electron chi connectivity index (χ2n) is 19.3. The number of carbonyl (C=O) groups is 4. The second-order valence-corrected chi connectivity index (χ2v) is 19.7. The van der Waals surface area contributed by atoms with Crippen molar-refractivity contribution in [2.75, 3.05) is 19.6 Å². The summed E-state index contributed by atoms with van der Waals surface area (Å²) in [5.74, 6) is -0.526. The summed E-state index contributed by atoms with van der Waals surface area (Å²) in [5.41, 5.74) is 14.0. The predicted molar refractivity (Wildman–Crippen MR) is 320 cm³/mol. The zero-order chi connectivity index (χ0) is 56.1. The van der Waals surface area contributed by atoms with E-state index in [4.69, 9.17) is 11.6 Å². The molecule has 2 aliphatic rings. The molecule has 8 rings (SSSR count). The number of fused-ring (bicyclic) bond motifs is 12. The molecule has 11 heteroatoms. The highest BCUT2D eigenvalue weighted by atomic mass is 35.5. The number of aryl methyl sites for hydroxylation is 2. The predicted octanol–water partition coefficient (Wildman–Crippen LogP) is 12.2. The molecule has 0 saturated carbocycles. The minimum absolute atomic E-state index is 0.175. The Kier molecular flexibility index (Phi) is 26.5. The number of hydrogen-bond acceptors (Lipinski definition) is 7. The van der Waals surface area contributed by atoms with Crippen molar-refractivity contribution in [2.24, 2.45) is 0 Å². The normalized spacial score (nSPS) is 13.7. The van der Waals surface area contributed by atoms with E-state index in [0.717, 1.165) is 78.5 Å². The first-order valence-electron chi connectivity index (χ1n) is 27.0. The fraction of sp³-hybridized carbons (Fsp3) is 0.284. The first-order valence-corrected chi connectivity index (χ1v) is 27.4. The molecule has 0 aliphatic carbocycles. The third-order valence-corrected chi connectivity index (χ3v) is 13.6. The largest absolute Gasteiger partial charge is 0.331 e. The Hall–Kier alpha value is -7.47. The molecule has 3 amide bonds. The number of benzene rings is 6. The number of rotatable bonds is 7. The van der Waals surface area contributed by atoms with Crippen LogP contribution in [-0.2, 0) is 97.5 Å². The maximum absolute atomic E-state index is 12.8. The van der Waals surface area contributed by atoms with Gasteiger partial charge in [0.15, 0.2) is 0 Å². The summed E-state index contributed by atoms with van der Waals surface area (Å²) in [5, 5.41) is 6.67. The maximum Gasteiger partial charge on any atom is 0.246 e. The number of amides is 3. The van der Waals surface area contributed by atoms with Crippen molar-refractivity contribution in [3.63, 3.8) is 0 Å². The highest BCUT2D eigenvalue weighted by Gasteiger charge is 2.18. The van der Waals surface area contributed by atoms with E-state index in [0.29, 0.717) is 39.3 Å². The lowest BCUT2D eigenvalue weighted by Crippen LogP contribution is -2.30. The molecule has 408 valence electrons. The summed E-state index contributed by atoms with van der Waals surface area (Å²) in [6, 6.07) is 50.7. The first-order chi connectivity index (χ1) is 37.8. The van der Waals surface area contributed by atoms with Crippen LogP contribution in [0.3, 0.4) is 0 Å². The Morgan fingerprint density at radius 1 is 0.410 bits per heavy atom. The van der Waals surface area contributed by atoms with Crippen LogP contribution in [0.5, 0.6) is 0 Å². The van der Waals surface area contributed by atoms with Crippen LogP contribution in [0.1, 0.15) is 94.0 Å². The molecule has 6 aromatic rings. The van der Waals surface area contributed by atoms with Gasteiger partial charge in [0, 0.05) is 65.4 Å². The van der Waals surface area contributed by atoms with Crippen molar-refractivity contribution in [2.45, 2.75) is 105 Å². The highest BCUT2D eigenvalue weighted by molar-refractivity contribution is 6.66. The molecule has 0 atom stereocenters. The van der Waals surface area contributed by atoms with Gasteiger partial charge in [-0.3, -0.25) is 19.2 Å². The van der Waals surface area contributed by atoms with Gasteiger partial charge in [0.25, 0.3) is 0 Å². The van der Waals surface area contributed by atoms with Gasteiger partial charge < -0.3 is 30.2 Å². The summed E-state index contributed by atoms with van der Waals surface area (Å²) in [6.45, 7) is 30.2. The van der Waals surface area contributed by atoms with E-state index >= 15 is 0 Å². The lowest BCUT2D eigenvalue weighted by atomic mass is 10.0. The van der Waals surface area contributed by atoms with Gasteiger partial charge in [-0.2, -0.15) is 0 Å². The minimum atomic E-state index is -0.509. The molecule has 2 N–H and O–H groups in total. The number of hydrogen-bond donors (Lipinski definition) is 2. The van der Waals surface area contributed by atoms with Gasteiger partial charge in [-0.1, -0.05) is 193 Å². The van der Waals surface area contributed by atoms with Gasteiger partial charge >= 0.3 is 0 Å². The quantitative estimate of drug-likeness (QED) is 0.121. The number of allylic oxidation sites excluding steroid dienone is 1. The third kappa shape index (κ3) is 21.5. The van der Waals surface area contributed by atoms with E-state index in [1.54, 1.807) is 14.7 Å². The molecule has 12 bridgehead atoms. The van der Waals surface area contributed by atoms with Crippen molar-refractivity contribution < 1.29 is 19.2 Å². The Bertz CT molecular complexity index is 2510. The third-order valence-electron chi connectivity index (χ3n) is 13.4. The average Bonchev–Trinajstić information content (AvgIpc) is 3.45. The number of carbonyl (C=O) groups excluding carboxylic acids is 4. The van der Waals surface area contributed by atoms with Crippen molar-refractivity contribution in [1.29, 1.82) is 0 Å². The standard InChI is InChI=1S/C33H33N3O3.C25H28N2.C6H15N.C3H3ClO/c1-4-31(37)34-19-25-10-7-12-27(16-25)21-35(32(38)5-2)23-29-14-9-15-30(18-29)24-36(33(39)6-3)22-28-13-8-11-26(17-28)20-34;1-5-20-7-2-9-22(13-20)16-26-18-24-11-4-12-25(15-24)19-27-17-23-10-3-8-21(6-1)14-23;1-4-7(5-2)6-3;1-2-3(4)5/h4-18H,1-3,19-24H2;2-4,7-15,26-27H,1,5-6,16-19H2;4-6H2,1-3H3;2H,1H2. The van der Waals surface area contributed by atoms with Crippen LogP contribution in [0.25, 0.3) is 0 Å². The van der Waals surface area contributed by atoms with Crippen LogP contribution < -0.4 is 10.6 Å². The molecular weight excluding hydrogens is 988 g/mol. The van der Waals surface area contributed by atoms with Crippen molar-refractivity contribution in [3.8, 4) is 0 Å². The maximum atomic E-state index is 12.8. The lowest BCUT2D eigenvalue weighted by Gasteiger charge is -2.26. The van der Waals surface area contributed by atoms with Gasteiger partial charge in [-0.05, 0) is 142 Å². The summed E-state index contributed by atoms with van der Waals surface area (Å²) in [4.78, 5) is 55.5. The van der Waals surface area contributed by atoms with Crippen molar-refractivity contribution in [1.82, 2.24) is 30.2 Å². The molecule has 0 unspecified atom stereocenters. The molecule has 0 fully saturated rings. The van der Waals surface area contributed by atoms with Gasteiger partial charge in [-0.25, -0.2) is 0 Å². The SMILES string of the molecule is C=CC(=O)Cl.C=CC(=O)N1Cc2cccc(c2)CN(C(=O)C=C)Cc2cccc(c2)CN(C(=O)C=C)Cc2cccc(c2)C1.CCN(CC)CC.c1cc2cc(c1)CNCc1cccc(c1)CNCc1cccc(c1)CCC2. The van der Waals surface area contributed by atoms with E-state index in [-0.39, 0.29) is 17.7 Å². The monoisotopic (exact) mass is 1070 g/mol. The van der Waals surface area contributed by atoms with Crippen LogP contribution in [0.15, 0.2) is 196 Å². The fourth-order valence-electron chi connectivity index (χ4n) is 9.33. The Labute approximate surface area is 469 Å². The zero-order valence-electron chi connectivity index (χ0n) is 46.1. The van der Waals surface area contributed by atoms with E-state index in [2.05, 4.69) is 135 Å². The molecule has 0 radical (unpaired) electrons. The molecule has 10 nitrogen and oxygen atoms in total. The molecule has 0 aromatic heterocycles. The zero-order valence-corrected chi connectivity index (χ0v) is 46.9. The Morgan fingerprint density at radius 3 is 0.846 bits per heavy atom. The Balaban J connectivity index is 0.000000247. The average molecular weight is 1070 g/mol. The van der Waals surface area contributed by atoms with E-state index in [1.165, 1.54) is 77.7 Å². The topological polar surface area (TPSA) is 105 Å². The van der Waals surface area contributed by atoms with Gasteiger partial charge in [0.1, 0.15) is 0 Å². The van der Waals surface area contributed by atoms with E-state index < -0.39 is 5.24 Å². The molecule has 2 heterocycles. The molecule has 2 aliphatic heterocycles. The van der Waals surface area contributed by atoms with Gasteiger partial charge in [0.05, 0.1) is 0 Å². The van der Waals surface area contributed by atoms with Crippen LogP contribution in [0.2, 0.25) is 0 Å². The summed E-state index contributed by atoms with van der Waals surface area (Å²) in [7, 11) is 0. The number of halogens is 1. The molecular formula is C67H79ClN6O4. The van der Waals surface area contributed by atoms with Crippen LogP contribution in [0.4, 0.5) is 0 Å². The summed E-state index contributed by atoms with van der Waals surface area (Å²) in [6.07, 6.45) is 8.48. The van der Waals surface area contributed by atoms with Crippen molar-refractivity contribution >= 4 is 34.6 Å². The minimum Gasteiger partial charge on any atom is -0.331 e.